The number of para-hydroxylation sites is 1. The first kappa shape index (κ1) is 9.45. The number of amides is 1. The van der Waals surface area contributed by atoms with Crippen molar-refractivity contribution in [1.82, 2.24) is 0 Å². The standard InChI is InChI=1S/C10H10FNO/c11-8-4-7-10(13)12-9-5-2-1-3-6-9/h1-6,8H,7H2,(H,12,13). The summed E-state index contributed by atoms with van der Waals surface area (Å²) in [6, 6.07) is 9.05. The van der Waals surface area contributed by atoms with E-state index in [2.05, 4.69) is 5.32 Å². The highest BCUT2D eigenvalue weighted by Crippen LogP contribution is 2.05. The molecule has 3 heteroatoms. The summed E-state index contributed by atoms with van der Waals surface area (Å²) in [6.45, 7) is 0. The van der Waals surface area contributed by atoms with Gasteiger partial charge in [-0.15, -0.1) is 0 Å². The van der Waals surface area contributed by atoms with E-state index in [1.165, 1.54) is 0 Å². The average molecular weight is 179 g/mol. The molecule has 0 saturated carbocycles. The van der Waals surface area contributed by atoms with Gasteiger partial charge in [0.2, 0.25) is 5.91 Å². The number of carbonyl (C=O) groups excluding carboxylic acids is 1. The first-order valence-corrected chi connectivity index (χ1v) is 3.93. The van der Waals surface area contributed by atoms with Gasteiger partial charge in [0.25, 0.3) is 0 Å². The molecule has 0 atom stereocenters. The molecule has 1 N–H and O–H groups in total. The topological polar surface area (TPSA) is 29.1 Å². The number of halogens is 1. The van der Waals surface area contributed by atoms with Gasteiger partial charge >= 0.3 is 0 Å². The molecular formula is C10H10FNO. The molecule has 13 heavy (non-hydrogen) atoms. The highest BCUT2D eigenvalue weighted by molar-refractivity contribution is 5.91. The van der Waals surface area contributed by atoms with Crippen LogP contribution in [0.1, 0.15) is 6.42 Å². The second-order valence-electron chi connectivity index (χ2n) is 2.48. The van der Waals surface area contributed by atoms with Gasteiger partial charge in [-0.25, -0.2) is 4.39 Å². The number of anilines is 1. The lowest BCUT2D eigenvalue weighted by Gasteiger charge is -2.01. The van der Waals surface area contributed by atoms with Crippen molar-refractivity contribution in [2.75, 3.05) is 5.32 Å². The number of nitrogens with one attached hydrogen (secondary N) is 1. The minimum atomic E-state index is -0.222. The first-order chi connectivity index (χ1) is 6.33. The van der Waals surface area contributed by atoms with Gasteiger partial charge in [0, 0.05) is 12.1 Å². The summed E-state index contributed by atoms with van der Waals surface area (Å²) in [5.74, 6) is -0.222. The summed E-state index contributed by atoms with van der Waals surface area (Å²) >= 11 is 0. The number of carbonyl (C=O) groups is 1. The quantitative estimate of drug-likeness (QED) is 0.758. The molecule has 0 aromatic heterocycles. The van der Waals surface area contributed by atoms with Gasteiger partial charge in [-0.2, -0.15) is 0 Å². The van der Waals surface area contributed by atoms with Crippen LogP contribution in [0.25, 0.3) is 0 Å². The minimum Gasteiger partial charge on any atom is -0.326 e. The van der Waals surface area contributed by atoms with Crippen LogP contribution in [0.5, 0.6) is 0 Å². The summed E-state index contributed by atoms with van der Waals surface area (Å²) in [5, 5.41) is 2.62. The molecular weight excluding hydrogens is 169 g/mol. The van der Waals surface area contributed by atoms with Crippen molar-refractivity contribution in [3.8, 4) is 0 Å². The monoisotopic (exact) mass is 179 g/mol. The van der Waals surface area contributed by atoms with E-state index in [9.17, 15) is 9.18 Å². The fraction of sp³-hybridized carbons (Fsp3) is 0.100. The molecule has 0 spiro atoms. The van der Waals surface area contributed by atoms with Crippen LogP contribution in [0, 0.1) is 0 Å². The zero-order valence-corrected chi connectivity index (χ0v) is 7.03. The van der Waals surface area contributed by atoms with Gasteiger partial charge in [0.15, 0.2) is 0 Å². The lowest BCUT2D eigenvalue weighted by molar-refractivity contribution is -0.115. The number of hydrogen-bond donors (Lipinski definition) is 1. The third-order valence-electron chi connectivity index (χ3n) is 1.45. The van der Waals surface area contributed by atoms with E-state index in [0.717, 1.165) is 11.8 Å². The average Bonchev–Trinajstić information content (AvgIpc) is 2.16. The number of hydrogen-bond acceptors (Lipinski definition) is 1. The van der Waals surface area contributed by atoms with Crippen LogP contribution in [0.3, 0.4) is 0 Å². The Balaban J connectivity index is 2.46. The maximum absolute atomic E-state index is 11.5. The summed E-state index contributed by atoms with van der Waals surface area (Å²) in [4.78, 5) is 11.0. The van der Waals surface area contributed by atoms with E-state index < -0.39 is 0 Å². The molecule has 2 nitrogen and oxygen atoms in total. The van der Waals surface area contributed by atoms with Gasteiger partial charge in [-0.05, 0) is 18.2 Å². The van der Waals surface area contributed by atoms with Gasteiger partial charge in [-0.1, -0.05) is 18.2 Å². The molecule has 0 aliphatic rings. The zero-order valence-electron chi connectivity index (χ0n) is 7.03. The van der Waals surface area contributed by atoms with Crippen molar-refractivity contribution in [3.63, 3.8) is 0 Å². The fourth-order valence-electron chi connectivity index (χ4n) is 0.885. The molecule has 0 heterocycles. The second-order valence-corrected chi connectivity index (χ2v) is 2.48. The van der Waals surface area contributed by atoms with Crippen LogP contribution in [0.4, 0.5) is 10.1 Å². The van der Waals surface area contributed by atoms with E-state index in [4.69, 9.17) is 0 Å². The van der Waals surface area contributed by atoms with Crippen molar-refractivity contribution >= 4 is 11.6 Å². The number of rotatable bonds is 3. The lowest BCUT2D eigenvalue weighted by Crippen LogP contribution is -2.09. The van der Waals surface area contributed by atoms with Crippen LogP contribution in [-0.2, 0) is 4.79 Å². The number of benzene rings is 1. The van der Waals surface area contributed by atoms with Crippen LogP contribution in [0.2, 0.25) is 0 Å². The third-order valence-corrected chi connectivity index (χ3v) is 1.45. The van der Waals surface area contributed by atoms with E-state index >= 15 is 0 Å². The minimum absolute atomic E-state index is 0.0609. The maximum atomic E-state index is 11.5. The summed E-state index contributed by atoms with van der Waals surface area (Å²) in [5.41, 5.74) is 0.722. The lowest BCUT2D eigenvalue weighted by atomic mass is 10.3. The Labute approximate surface area is 76.1 Å². The van der Waals surface area contributed by atoms with Gasteiger partial charge in [0.1, 0.15) is 0 Å². The summed E-state index contributed by atoms with van der Waals surface area (Å²) in [7, 11) is 0. The molecule has 1 aromatic carbocycles. The molecule has 0 aliphatic heterocycles. The molecule has 1 aromatic rings. The fourth-order valence-corrected chi connectivity index (χ4v) is 0.885. The predicted molar refractivity (Wildman–Crippen MR) is 49.9 cm³/mol. The molecule has 0 fully saturated rings. The van der Waals surface area contributed by atoms with Gasteiger partial charge in [0.05, 0.1) is 6.33 Å². The van der Waals surface area contributed by atoms with E-state index in [1.807, 2.05) is 18.2 Å². The Bertz CT molecular complexity index is 295. The van der Waals surface area contributed by atoms with Crippen molar-refractivity contribution in [2.45, 2.75) is 6.42 Å². The maximum Gasteiger partial charge on any atom is 0.228 e. The van der Waals surface area contributed by atoms with Crippen molar-refractivity contribution in [2.24, 2.45) is 0 Å². The molecule has 0 saturated heterocycles. The Kier molecular flexibility index (Phi) is 3.70. The summed E-state index contributed by atoms with van der Waals surface area (Å²) in [6.07, 6.45) is 1.59. The van der Waals surface area contributed by atoms with Crippen LogP contribution in [0.15, 0.2) is 42.7 Å². The molecule has 0 bridgehead atoms. The predicted octanol–water partition coefficient (Wildman–Crippen LogP) is 2.50. The highest BCUT2D eigenvalue weighted by Gasteiger charge is 1.97. The van der Waals surface area contributed by atoms with Crippen LogP contribution in [-0.4, -0.2) is 5.91 Å². The molecule has 0 radical (unpaired) electrons. The molecule has 68 valence electrons. The molecule has 1 rings (SSSR count). The summed E-state index contributed by atoms with van der Waals surface area (Å²) < 4.78 is 11.5. The molecule has 1 amide bonds. The second kappa shape index (κ2) is 5.09. The van der Waals surface area contributed by atoms with Crippen LogP contribution < -0.4 is 5.32 Å². The van der Waals surface area contributed by atoms with Crippen molar-refractivity contribution in [3.05, 3.63) is 42.7 Å². The Hall–Kier alpha value is -1.64. The SMILES string of the molecule is O=C(CC=CF)Nc1ccccc1. The normalized spacial score (nSPS) is 10.2. The van der Waals surface area contributed by atoms with Crippen LogP contribution >= 0.6 is 0 Å². The van der Waals surface area contributed by atoms with Gasteiger partial charge in [-0.3, -0.25) is 4.79 Å². The molecule has 0 unspecified atom stereocenters. The zero-order chi connectivity index (χ0) is 9.52. The third kappa shape index (κ3) is 3.51. The van der Waals surface area contributed by atoms with E-state index in [1.54, 1.807) is 12.1 Å². The van der Waals surface area contributed by atoms with E-state index in [0.29, 0.717) is 6.33 Å². The van der Waals surface area contributed by atoms with E-state index in [-0.39, 0.29) is 12.3 Å². The molecule has 0 aliphatic carbocycles. The Morgan fingerprint density at radius 3 is 2.69 bits per heavy atom. The largest absolute Gasteiger partial charge is 0.326 e. The Morgan fingerprint density at radius 2 is 2.08 bits per heavy atom. The van der Waals surface area contributed by atoms with Crippen molar-refractivity contribution in [1.29, 1.82) is 0 Å². The van der Waals surface area contributed by atoms with Crippen molar-refractivity contribution < 1.29 is 9.18 Å². The Morgan fingerprint density at radius 1 is 1.38 bits per heavy atom. The smallest absolute Gasteiger partial charge is 0.228 e. The van der Waals surface area contributed by atoms with Gasteiger partial charge < -0.3 is 5.32 Å². The first-order valence-electron chi connectivity index (χ1n) is 3.93. The highest BCUT2D eigenvalue weighted by atomic mass is 19.1.